The molecule has 0 saturated carbocycles. The van der Waals surface area contributed by atoms with Crippen LogP contribution in [0.25, 0.3) is 105 Å². The van der Waals surface area contributed by atoms with Gasteiger partial charge in [0.15, 0.2) is 0 Å². The zero-order chi connectivity index (χ0) is 46.0. The largest absolute Gasteiger partial charge is 0.500 e. The molecule has 1 radical (unpaired) electrons. The van der Waals surface area contributed by atoms with Gasteiger partial charge >= 0.3 is 0 Å². The van der Waals surface area contributed by atoms with Crippen LogP contribution in [0.1, 0.15) is 60.3 Å². The Morgan fingerprint density at radius 3 is 1.89 bits per heavy atom. The van der Waals surface area contributed by atoms with E-state index in [0.717, 1.165) is 88.3 Å². The maximum atomic E-state index is 7.23. The third kappa shape index (κ3) is 7.33. The Kier molecular flexibility index (Phi) is 10.1. The Morgan fingerprint density at radius 1 is 0.569 bits per heavy atom. The van der Waals surface area contributed by atoms with Gasteiger partial charge in [-0.1, -0.05) is 118 Å². The molecule has 0 saturated heterocycles. The van der Waals surface area contributed by atoms with Gasteiger partial charge in [-0.15, -0.1) is 54.1 Å². The number of aromatic nitrogens is 3. The van der Waals surface area contributed by atoms with Gasteiger partial charge in [0.25, 0.3) is 0 Å². The van der Waals surface area contributed by atoms with Gasteiger partial charge in [-0.3, -0.25) is 4.98 Å². The molecule has 6 heteroatoms. The zero-order valence-electron chi connectivity index (χ0n) is 39.3. The van der Waals surface area contributed by atoms with E-state index in [9.17, 15) is 0 Å². The van der Waals surface area contributed by atoms with Crippen molar-refractivity contribution in [3.8, 4) is 39.5 Å². The second-order valence-electron chi connectivity index (χ2n) is 16.9. The average Bonchev–Trinajstić information content (AvgIpc) is 4.06. The molecule has 5 nitrogen and oxygen atoms in total. The molecule has 4 aromatic heterocycles. The molecule has 319 valence electrons. The average molecular weight is 1020 g/mol. The fourth-order valence-corrected chi connectivity index (χ4v) is 9.09. The van der Waals surface area contributed by atoms with Crippen LogP contribution >= 0.6 is 0 Å². The van der Waals surface area contributed by atoms with Crippen LogP contribution in [0.15, 0.2) is 179 Å². The number of fused-ring (bicyclic) bond motifs is 10. The molecule has 0 N–H and O–H groups in total. The summed E-state index contributed by atoms with van der Waals surface area (Å²) in [6.45, 7) is 7.05. The van der Waals surface area contributed by atoms with Gasteiger partial charge in [-0.25, -0.2) is 0 Å². The Labute approximate surface area is 396 Å². The molecule has 0 aliphatic carbocycles. The van der Waals surface area contributed by atoms with E-state index in [2.05, 4.69) is 159 Å². The third-order valence-electron chi connectivity index (χ3n) is 12.2. The van der Waals surface area contributed by atoms with Crippen molar-refractivity contribution in [2.24, 2.45) is 0 Å². The van der Waals surface area contributed by atoms with Gasteiger partial charge in [-0.2, -0.15) is 0 Å². The van der Waals surface area contributed by atoms with E-state index in [1.807, 2.05) is 36.4 Å². The maximum Gasteiger partial charge on any atom is 0.143 e. The molecule has 0 atom stereocenters. The molecule has 8 aromatic carbocycles. The van der Waals surface area contributed by atoms with Gasteiger partial charge in [0.2, 0.25) is 0 Å². The third-order valence-corrected chi connectivity index (χ3v) is 12.2. The second kappa shape index (κ2) is 17.1. The number of imidazole rings is 1. The molecule has 4 heterocycles. The maximum absolute atomic E-state index is 7.23. The van der Waals surface area contributed by atoms with E-state index in [4.69, 9.17) is 17.9 Å². The predicted molar refractivity (Wildman–Crippen MR) is 264 cm³/mol. The van der Waals surface area contributed by atoms with Crippen molar-refractivity contribution in [3.63, 3.8) is 0 Å². The number of aryl methyl sites for hydroxylation is 1. The Balaban J connectivity index is 0.000000270. The van der Waals surface area contributed by atoms with Crippen LogP contribution in [0.4, 0.5) is 0 Å². The standard InChI is InChI=1S/C47H35N2O2.C12H10N.Ir/c1-27(2)38-25-30(29-13-6-5-7-14-29)26-39(28(3)4)43(38)49-41-19-10-9-18-40(41)48-47(49)37-17-12-16-32-34-23-24-35-36(45(34)51-46(32)37)22-21-33-31-15-8-11-20-42(31)50-44(33)35;1-10-7-8-12(13-9-10)11-5-3-2-4-6-11;/h5-16,18-28H,1-4H3;2-5,7-9H,1H3;/q2*-1;/i;1D3;. The summed E-state index contributed by atoms with van der Waals surface area (Å²) >= 11 is 0. The summed E-state index contributed by atoms with van der Waals surface area (Å²) in [6, 6.07) is 62.2. The van der Waals surface area contributed by atoms with Gasteiger partial charge in [0.1, 0.15) is 16.7 Å². The quantitative estimate of drug-likeness (QED) is 0.156. The van der Waals surface area contributed by atoms with Gasteiger partial charge in [-0.05, 0) is 101 Å². The van der Waals surface area contributed by atoms with Crippen LogP contribution in [0.5, 0.6) is 0 Å². The minimum atomic E-state index is -2.09. The van der Waals surface area contributed by atoms with Crippen molar-refractivity contribution in [2.45, 2.75) is 46.4 Å². The van der Waals surface area contributed by atoms with Gasteiger partial charge < -0.3 is 18.4 Å². The summed E-state index contributed by atoms with van der Waals surface area (Å²) in [5.41, 5.74) is 14.3. The van der Waals surface area contributed by atoms with Crippen molar-refractivity contribution < 1.29 is 33.1 Å². The number of hydrogen-bond donors (Lipinski definition) is 0. The van der Waals surface area contributed by atoms with E-state index >= 15 is 0 Å². The molecule has 0 aliphatic heterocycles. The summed E-state index contributed by atoms with van der Waals surface area (Å²) in [5.74, 6) is 1.35. The molecule has 0 bridgehead atoms. The SMILES string of the molecule is CC(C)c1cc(-c2ccccc2)cc(C(C)C)c1-n1c(-c2[c-]ccc3c2oc2c3ccc3c2ccc2c4ccccc4oc23)nc2ccccc21.[2H]C([2H])([2H])c1ccc(-c2[c-]cccc2)nc1.[Ir]. The zero-order valence-corrected chi connectivity index (χ0v) is 38.7. The molecule has 12 rings (SSSR count). The first kappa shape index (κ1) is 38.4. The Morgan fingerprint density at radius 2 is 1.22 bits per heavy atom. The minimum absolute atomic E-state index is 0. The smallest absolute Gasteiger partial charge is 0.143 e. The fourth-order valence-electron chi connectivity index (χ4n) is 9.09. The molecular formula is C59H45IrN3O2-2. The summed E-state index contributed by atoms with van der Waals surface area (Å²) in [7, 11) is 0. The summed E-state index contributed by atoms with van der Waals surface area (Å²) in [6.07, 6.45) is 1.39. The van der Waals surface area contributed by atoms with E-state index in [0.29, 0.717) is 0 Å². The first-order valence-electron chi connectivity index (χ1n) is 23.3. The number of hydrogen-bond acceptors (Lipinski definition) is 4. The van der Waals surface area contributed by atoms with Crippen molar-refractivity contribution in [3.05, 3.63) is 199 Å². The van der Waals surface area contributed by atoms with Crippen LogP contribution in [0, 0.1) is 19.0 Å². The van der Waals surface area contributed by atoms with Crippen molar-refractivity contribution in [1.29, 1.82) is 0 Å². The number of furan rings is 2. The van der Waals surface area contributed by atoms with E-state index in [-0.39, 0.29) is 37.5 Å². The number of benzene rings is 8. The van der Waals surface area contributed by atoms with E-state index < -0.39 is 6.85 Å². The minimum Gasteiger partial charge on any atom is -0.500 e. The normalized spacial score (nSPS) is 12.5. The topological polar surface area (TPSA) is 57.0 Å². The molecule has 0 fully saturated rings. The first-order chi connectivity index (χ1) is 32.5. The van der Waals surface area contributed by atoms with Crippen LogP contribution in [-0.2, 0) is 20.1 Å². The molecular weight excluding hydrogens is 975 g/mol. The first-order valence-corrected chi connectivity index (χ1v) is 21.8. The summed E-state index contributed by atoms with van der Waals surface area (Å²) in [4.78, 5) is 9.47. The molecule has 0 amide bonds. The van der Waals surface area contributed by atoms with Crippen molar-refractivity contribution in [1.82, 2.24) is 14.5 Å². The Bertz CT molecular complexity index is 3770. The van der Waals surface area contributed by atoms with E-state index in [1.54, 1.807) is 18.2 Å². The molecule has 65 heavy (non-hydrogen) atoms. The second-order valence-corrected chi connectivity index (χ2v) is 16.9. The van der Waals surface area contributed by atoms with Crippen molar-refractivity contribution >= 4 is 65.7 Å². The van der Waals surface area contributed by atoms with E-state index in [1.165, 1.54) is 34.1 Å². The summed E-state index contributed by atoms with van der Waals surface area (Å²) < 4.78 is 37.4. The number of pyridine rings is 1. The van der Waals surface area contributed by atoms with Crippen molar-refractivity contribution in [2.75, 3.05) is 0 Å². The monoisotopic (exact) mass is 1020 g/mol. The number of rotatable bonds is 6. The predicted octanol–water partition coefficient (Wildman–Crippen LogP) is 16.2. The number of para-hydroxylation sites is 3. The van der Waals surface area contributed by atoms with Crippen LogP contribution in [0.2, 0.25) is 0 Å². The fraction of sp³-hybridized carbons (Fsp3) is 0.119. The molecule has 12 aromatic rings. The molecule has 0 spiro atoms. The summed E-state index contributed by atoms with van der Waals surface area (Å²) in [5, 5.41) is 6.38. The molecule has 0 aliphatic rings. The van der Waals surface area contributed by atoms with Crippen LogP contribution < -0.4 is 0 Å². The van der Waals surface area contributed by atoms with Gasteiger partial charge in [0.05, 0.1) is 22.4 Å². The number of nitrogens with zero attached hydrogens (tertiary/aromatic N) is 3. The van der Waals surface area contributed by atoms with Gasteiger partial charge in [0, 0.05) is 63.0 Å². The van der Waals surface area contributed by atoms with Crippen LogP contribution in [0.3, 0.4) is 0 Å². The molecule has 0 unspecified atom stereocenters. The van der Waals surface area contributed by atoms with Crippen LogP contribution in [-0.4, -0.2) is 14.5 Å². The Hall–Kier alpha value is -7.11.